The Labute approximate surface area is 172 Å². The van der Waals surface area contributed by atoms with Crippen LogP contribution in [0.15, 0.2) is 42.5 Å². The summed E-state index contributed by atoms with van der Waals surface area (Å²) in [5, 5.41) is 1.85. The van der Waals surface area contributed by atoms with Gasteiger partial charge in [0.2, 0.25) is 5.91 Å². The zero-order chi connectivity index (χ0) is 19.3. The number of hydrogen-bond donors (Lipinski definition) is 0. The molecule has 6 heteroatoms. The number of carbonyl (C=O) groups excluding carboxylic acids is 1. The standard InChI is InChI=1S/C22H20ClFN2OS/c23-14-5-6-20-19(11-14)25-21(28-20)13-7-9-26(10-8-13)22(27)17-12-16(17)15-3-1-2-4-18(15)24/h1-6,11,13,16-17H,7-10,12H2. The molecule has 1 saturated heterocycles. The minimum Gasteiger partial charge on any atom is -0.342 e. The van der Waals surface area contributed by atoms with Crippen molar-refractivity contribution in [2.24, 2.45) is 5.92 Å². The van der Waals surface area contributed by atoms with Crippen LogP contribution in [-0.2, 0) is 4.79 Å². The molecule has 0 bridgehead atoms. The maximum Gasteiger partial charge on any atom is 0.226 e. The Morgan fingerprint density at radius 1 is 1.18 bits per heavy atom. The summed E-state index contributed by atoms with van der Waals surface area (Å²) >= 11 is 7.79. The topological polar surface area (TPSA) is 33.2 Å². The maximum absolute atomic E-state index is 14.0. The van der Waals surface area contributed by atoms with Crippen molar-refractivity contribution in [3.05, 3.63) is 63.9 Å². The highest BCUT2D eigenvalue weighted by Crippen LogP contribution is 2.49. The minimum absolute atomic E-state index is 0.0421. The number of benzene rings is 2. The molecule has 1 aromatic heterocycles. The SMILES string of the molecule is O=C(C1CC1c1ccccc1F)N1CCC(c2nc3cc(Cl)ccc3s2)CC1. The fraction of sp³-hybridized carbons (Fsp3) is 0.364. The lowest BCUT2D eigenvalue weighted by molar-refractivity contribution is -0.133. The van der Waals surface area contributed by atoms with Gasteiger partial charge in [-0.2, -0.15) is 0 Å². The zero-order valence-corrected chi connectivity index (χ0v) is 16.8. The molecule has 0 N–H and O–H groups in total. The van der Waals surface area contributed by atoms with E-state index in [0.717, 1.165) is 47.6 Å². The Kier molecular flexibility index (Phi) is 4.60. The lowest BCUT2D eigenvalue weighted by atomic mass is 9.97. The number of aromatic nitrogens is 1. The van der Waals surface area contributed by atoms with Gasteiger partial charge in [0, 0.05) is 29.9 Å². The first-order valence-electron chi connectivity index (χ1n) is 9.69. The number of halogens is 2. The van der Waals surface area contributed by atoms with Crippen LogP contribution in [-0.4, -0.2) is 28.9 Å². The highest BCUT2D eigenvalue weighted by atomic mass is 35.5. The number of nitrogens with zero attached hydrogens (tertiary/aromatic N) is 2. The maximum atomic E-state index is 14.0. The third-order valence-corrected chi connectivity index (χ3v) is 7.37. The summed E-state index contributed by atoms with van der Waals surface area (Å²) < 4.78 is 15.1. The van der Waals surface area contributed by atoms with Gasteiger partial charge in [-0.15, -0.1) is 11.3 Å². The average Bonchev–Trinajstić information content (AvgIpc) is 3.39. The molecule has 1 amide bonds. The fourth-order valence-corrected chi connectivity index (χ4v) is 5.55. The summed E-state index contributed by atoms with van der Waals surface area (Å²) in [6.07, 6.45) is 2.62. The summed E-state index contributed by atoms with van der Waals surface area (Å²) in [4.78, 5) is 19.6. The van der Waals surface area contributed by atoms with Crippen LogP contribution in [0, 0.1) is 11.7 Å². The number of rotatable bonds is 3. The molecule has 2 aliphatic rings. The molecule has 2 heterocycles. The van der Waals surface area contributed by atoms with E-state index in [4.69, 9.17) is 16.6 Å². The summed E-state index contributed by atoms with van der Waals surface area (Å²) in [6.45, 7) is 1.50. The van der Waals surface area contributed by atoms with Crippen LogP contribution in [0.1, 0.15) is 41.7 Å². The second kappa shape index (κ2) is 7.12. The quantitative estimate of drug-likeness (QED) is 0.559. The predicted molar refractivity (Wildman–Crippen MR) is 110 cm³/mol. The van der Waals surface area contributed by atoms with E-state index in [0.29, 0.717) is 16.5 Å². The van der Waals surface area contributed by atoms with Gasteiger partial charge in [-0.3, -0.25) is 4.79 Å². The number of carbonyl (C=O) groups is 1. The number of hydrogen-bond acceptors (Lipinski definition) is 3. The fourth-order valence-electron chi connectivity index (χ4n) is 4.26. The summed E-state index contributed by atoms with van der Waals surface area (Å²) in [5.41, 5.74) is 1.64. The van der Waals surface area contributed by atoms with Crippen molar-refractivity contribution in [3.63, 3.8) is 0 Å². The zero-order valence-electron chi connectivity index (χ0n) is 15.3. The molecule has 0 radical (unpaired) electrons. The smallest absolute Gasteiger partial charge is 0.226 e. The van der Waals surface area contributed by atoms with Crippen LogP contribution in [0.4, 0.5) is 4.39 Å². The molecule has 144 valence electrons. The van der Waals surface area contributed by atoms with E-state index in [2.05, 4.69) is 0 Å². The van der Waals surface area contributed by atoms with Crippen LogP contribution in [0.2, 0.25) is 5.02 Å². The van der Waals surface area contributed by atoms with Gasteiger partial charge in [-0.05, 0) is 55.0 Å². The molecule has 1 saturated carbocycles. The molecular formula is C22H20ClFN2OS. The van der Waals surface area contributed by atoms with Gasteiger partial charge in [0.15, 0.2) is 0 Å². The second-order valence-corrected chi connectivity index (χ2v) is 9.23. The van der Waals surface area contributed by atoms with Gasteiger partial charge < -0.3 is 4.90 Å². The van der Waals surface area contributed by atoms with Gasteiger partial charge >= 0.3 is 0 Å². The van der Waals surface area contributed by atoms with E-state index >= 15 is 0 Å². The van der Waals surface area contributed by atoms with Gasteiger partial charge in [-0.1, -0.05) is 29.8 Å². The van der Waals surface area contributed by atoms with Crippen molar-refractivity contribution in [1.82, 2.24) is 9.88 Å². The predicted octanol–water partition coefficient (Wildman–Crippen LogP) is 5.60. The number of fused-ring (bicyclic) bond motifs is 1. The Bertz CT molecular complexity index is 1040. The van der Waals surface area contributed by atoms with Crippen LogP contribution in [0.25, 0.3) is 10.2 Å². The molecule has 2 aromatic carbocycles. The highest BCUT2D eigenvalue weighted by molar-refractivity contribution is 7.18. The van der Waals surface area contributed by atoms with Crippen molar-refractivity contribution < 1.29 is 9.18 Å². The third-order valence-electron chi connectivity index (χ3n) is 5.93. The molecule has 3 aromatic rings. The first-order chi connectivity index (χ1) is 13.6. The van der Waals surface area contributed by atoms with Gasteiger partial charge in [0.25, 0.3) is 0 Å². The third kappa shape index (κ3) is 3.31. The molecule has 1 aliphatic heterocycles. The Hall–Kier alpha value is -1.98. The number of amides is 1. The summed E-state index contributed by atoms with van der Waals surface area (Å²) in [6, 6.07) is 12.6. The lowest BCUT2D eigenvalue weighted by Gasteiger charge is -2.31. The molecule has 1 aliphatic carbocycles. The normalized spacial score (nSPS) is 22.6. The van der Waals surface area contributed by atoms with E-state index in [1.807, 2.05) is 29.2 Å². The van der Waals surface area contributed by atoms with E-state index < -0.39 is 0 Å². The minimum atomic E-state index is -0.197. The Morgan fingerprint density at radius 2 is 1.96 bits per heavy atom. The first-order valence-corrected chi connectivity index (χ1v) is 10.9. The van der Waals surface area contributed by atoms with Crippen LogP contribution >= 0.6 is 22.9 Å². The molecule has 0 spiro atoms. The summed E-state index contributed by atoms with van der Waals surface area (Å²) in [5.74, 6) is 0.362. The van der Waals surface area contributed by atoms with E-state index in [1.165, 1.54) is 6.07 Å². The summed E-state index contributed by atoms with van der Waals surface area (Å²) in [7, 11) is 0. The largest absolute Gasteiger partial charge is 0.342 e. The molecule has 3 nitrogen and oxygen atoms in total. The number of likely N-dealkylation sites (tertiary alicyclic amines) is 1. The van der Waals surface area contributed by atoms with E-state index in [1.54, 1.807) is 23.5 Å². The highest BCUT2D eigenvalue weighted by Gasteiger charge is 2.47. The monoisotopic (exact) mass is 414 g/mol. The van der Waals surface area contributed by atoms with Crippen molar-refractivity contribution >= 4 is 39.1 Å². The lowest BCUT2D eigenvalue weighted by Crippen LogP contribution is -2.39. The number of piperidine rings is 1. The number of thiazole rings is 1. The Balaban J connectivity index is 1.22. The molecule has 28 heavy (non-hydrogen) atoms. The van der Waals surface area contributed by atoms with Crippen LogP contribution in [0.3, 0.4) is 0 Å². The Morgan fingerprint density at radius 3 is 2.75 bits per heavy atom. The first kappa shape index (κ1) is 18.1. The van der Waals surface area contributed by atoms with E-state index in [-0.39, 0.29) is 23.6 Å². The molecular weight excluding hydrogens is 395 g/mol. The molecule has 2 atom stereocenters. The van der Waals surface area contributed by atoms with Crippen molar-refractivity contribution in [2.75, 3.05) is 13.1 Å². The van der Waals surface area contributed by atoms with Crippen molar-refractivity contribution in [1.29, 1.82) is 0 Å². The molecule has 2 unspecified atom stereocenters. The van der Waals surface area contributed by atoms with Gasteiger partial charge in [0.1, 0.15) is 5.82 Å². The van der Waals surface area contributed by atoms with E-state index in [9.17, 15) is 9.18 Å². The van der Waals surface area contributed by atoms with Crippen molar-refractivity contribution in [3.8, 4) is 0 Å². The second-order valence-electron chi connectivity index (χ2n) is 7.73. The average molecular weight is 415 g/mol. The van der Waals surface area contributed by atoms with Gasteiger partial charge in [0.05, 0.1) is 15.2 Å². The van der Waals surface area contributed by atoms with Crippen LogP contribution in [0.5, 0.6) is 0 Å². The van der Waals surface area contributed by atoms with Crippen molar-refractivity contribution in [2.45, 2.75) is 31.1 Å². The molecule has 5 rings (SSSR count). The molecule has 2 fully saturated rings. The van der Waals surface area contributed by atoms with Crippen LogP contribution < -0.4 is 0 Å². The van der Waals surface area contributed by atoms with Gasteiger partial charge in [-0.25, -0.2) is 9.37 Å².